The molecule has 31 heavy (non-hydrogen) atoms. The number of nitrogens with one attached hydrogen (secondary N) is 2. The maximum atomic E-state index is 12.8. The third-order valence-corrected chi connectivity index (χ3v) is 7.09. The number of piperazine rings is 1. The van der Waals surface area contributed by atoms with Crippen LogP contribution in [0.25, 0.3) is 0 Å². The van der Waals surface area contributed by atoms with Crippen molar-refractivity contribution in [2.45, 2.75) is 62.8 Å². The molecule has 3 fully saturated rings. The Kier molecular flexibility index (Phi) is 7.48. The highest BCUT2D eigenvalue weighted by molar-refractivity contribution is 6.30. The van der Waals surface area contributed by atoms with Crippen molar-refractivity contribution in [3.8, 4) is 0 Å². The Balaban J connectivity index is 1.30. The average molecular weight is 449 g/mol. The molecule has 3 heterocycles. The van der Waals surface area contributed by atoms with Crippen LogP contribution < -0.4 is 10.6 Å². The summed E-state index contributed by atoms with van der Waals surface area (Å²) in [6, 6.07) is 8.39. The summed E-state index contributed by atoms with van der Waals surface area (Å²) in [7, 11) is 1.69. The molecular weight excluding hydrogens is 416 g/mol. The molecule has 0 aliphatic carbocycles. The highest BCUT2D eigenvalue weighted by Gasteiger charge is 2.43. The summed E-state index contributed by atoms with van der Waals surface area (Å²) in [6.45, 7) is 3.61. The van der Waals surface area contributed by atoms with Gasteiger partial charge in [0, 0.05) is 56.8 Å². The summed E-state index contributed by atoms with van der Waals surface area (Å²) in [5.41, 5.74) is 1.14. The number of carbonyl (C=O) groups is 2. The summed E-state index contributed by atoms with van der Waals surface area (Å²) >= 11 is 6.08. The molecule has 4 rings (SSSR count). The number of amides is 2. The number of carbonyl (C=O) groups excluding carboxylic acids is 2. The molecule has 3 aliphatic heterocycles. The number of ether oxygens (including phenoxy) is 1. The fourth-order valence-electron chi connectivity index (χ4n) is 5.26. The quantitative estimate of drug-likeness (QED) is 0.634. The predicted octanol–water partition coefficient (Wildman–Crippen LogP) is 1.79. The molecule has 7 nitrogen and oxygen atoms in total. The van der Waals surface area contributed by atoms with Gasteiger partial charge in [-0.25, -0.2) is 0 Å². The van der Waals surface area contributed by atoms with Gasteiger partial charge in [0.05, 0.1) is 18.7 Å². The second-order valence-electron chi connectivity index (χ2n) is 8.93. The van der Waals surface area contributed by atoms with Gasteiger partial charge < -0.3 is 20.3 Å². The van der Waals surface area contributed by atoms with E-state index in [-0.39, 0.29) is 36.0 Å². The van der Waals surface area contributed by atoms with Crippen molar-refractivity contribution in [1.29, 1.82) is 0 Å². The summed E-state index contributed by atoms with van der Waals surface area (Å²) < 4.78 is 5.28. The highest BCUT2D eigenvalue weighted by Crippen LogP contribution is 2.27. The van der Waals surface area contributed by atoms with Crippen LogP contribution in [-0.2, 0) is 20.9 Å². The molecule has 0 bridgehead atoms. The Hall–Kier alpha value is -1.67. The Morgan fingerprint density at radius 3 is 3.03 bits per heavy atom. The first-order chi connectivity index (χ1) is 15.0. The Morgan fingerprint density at radius 1 is 1.35 bits per heavy atom. The minimum absolute atomic E-state index is 0.106. The van der Waals surface area contributed by atoms with E-state index in [4.69, 9.17) is 16.3 Å². The number of methoxy groups -OCH3 is 1. The third-order valence-electron chi connectivity index (χ3n) is 6.85. The molecule has 0 saturated carbocycles. The summed E-state index contributed by atoms with van der Waals surface area (Å²) in [4.78, 5) is 29.6. The second-order valence-corrected chi connectivity index (χ2v) is 9.37. The molecule has 0 spiro atoms. The van der Waals surface area contributed by atoms with Gasteiger partial charge in [0.15, 0.2) is 0 Å². The number of halogens is 1. The zero-order chi connectivity index (χ0) is 21.8. The van der Waals surface area contributed by atoms with Crippen molar-refractivity contribution < 1.29 is 14.3 Å². The Labute approximate surface area is 189 Å². The van der Waals surface area contributed by atoms with Gasteiger partial charge >= 0.3 is 0 Å². The van der Waals surface area contributed by atoms with E-state index >= 15 is 0 Å². The van der Waals surface area contributed by atoms with Gasteiger partial charge in [0.1, 0.15) is 0 Å². The van der Waals surface area contributed by atoms with E-state index in [0.29, 0.717) is 19.6 Å². The van der Waals surface area contributed by atoms with E-state index < -0.39 is 0 Å². The van der Waals surface area contributed by atoms with Crippen LogP contribution in [0.15, 0.2) is 24.3 Å². The normalized spacial score (nSPS) is 28.6. The van der Waals surface area contributed by atoms with Crippen LogP contribution in [0.1, 0.15) is 37.7 Å². The van der Waals surface area contributed by atoms with E-state index in [0.717, 1.165) is 55.9 Å². The van der Waals surface area contributed by atoms with Crippen LogP contribution in [0.4, 0.5) is 0 Å². The first-order valence-corrected chi connectivity index (χ1v) is 11.7. The molecule has 2 N–H and O–H groups in total. The fraction of sp³-hybridized carbons (Fsp3) is 0.652. The van der Waals surface area contributed by atoms with Gasteiger partial charge in [0.2, 0.25) is 11.8 Å². The van der Waals surface area contributed by atoms with Crippen LogP contribution in [0, 0.1) is 0 Å². The van der Waals surface area contributed by atoms with Crippen molar-refractivity contribution in [2.24, 2.45) is 0 Å². The second kappa shape index (κ2) is 10.3. The lowest BCUT2D eigenvalue weighted by Crippen LogP contribution is -2.58. The highest BCUT2D eigenvalue weighted by atomic mass is 35.5. The van der Waals surface area contributed by atoms with E-state index in [1.807, 2.05) is 23.1 Å². The van der Waals surface area contributed by atoms with Crippen LogP contribution in [0.2, 0.25) is 5.02 Å². The predicted molar refractivity (Wildman–Crippen MR) is 120 cm³/mol. The molecule has 8 heteroatoms. The molecule has 2 amide bonds. The maximum absolute atomic E-state index is 12.8. The third kappa shape index (κ3) is 5.40. The van der Waals surface area contributed by atoms with Gasteiger partial charge in [-0.1, -0.05) is 23.7 Å². The molecule has 4 atom stereocenters. The molecule has 0 aromatic heterocycles. The van der Waals surface area contributed by atoms with Gasteiger partial charge in [-0.05, 0) is 43.4 Å². The van der Waals surface area contributed by atoms with Gasteiger partial charge in [-0.15, -0.1) is 0 Å². The molecular formula is C23H33ClN4O3. The van der Waals surface area contributed by atoms with E-state index in [1.165, 1.54) is 0 Å². The van der Waals surface area contributed by atoms with E-state index in [9.17, 15) is 9.59 Å². The van der Waals surface area contributed by atoms with Crippen molar-refractivity contribution >= 4 is 23.4 Å². The van der Waals surface area contributed by atoms with Crippen molar-refractivity contribution in [2.75, 3.05) is 33.4 Å². The Bertz CT molecular complexity index is 792. The van der Waals surface area contributed by atoms with Crippen molar-refractivity contribution in [3.05, 3.63) is 34.9 Å². The molecule has 3 aliphatic rings. The van der Waals surface area contributed by atoms with Crippen LogP contribution >= 0.6 is 11.6 Å². The van der Waals surface area contributed by atoms with Crippen molar-refractivity contribution in [1.82, 2.24) is 20.4 Å². The number of fused-ring (bicyclic) bond motifs is 1. The summed E-state index contributed by atoms with van der Waals surface area (Å²) in [5, 5.41) is 7.37. The standard InChI is InChI=1S/C23H33ClN4O3/c1-31-15-20-6-3-9-27(20)22(29)8-7-19-13-26-23(30)21-11-18(14-28(19)21)25-12-16-4-2-5-17(24)10-16/h2,4-5,10,18-21,25H,3,6-9,11-15H2,1H3,(H,26,30)/t18-,19+,20+,21-/m0/s1. The number of rotatable bonds is 8. The molecule has 1 aromatic rings. The first kappa shape index (κ1) is 22.5. The maximum Gasteiger partial charge on any atom is 0.237 e. The largest absolute Gasteiger partial charge is 0.383 e. The molecule has 3 saturated heterocycles. The lowest BCUT2D eigenvalue weighted by atomic mass is 10.0. The smallest absolute Gasteiger partial charge is 0.237 e. The van der Waals surface area contributed by atoms with Crippen LogP contribution in [0.5, 0.6) is 0 Å². The van der Waals surface area contributed by atoms with E-state index in [2.05, 4.69) is 21.6 Å². The summed E-state index contributed by atoms with van der Waals surface area (Å²) in [6.07, 6.45) is 4.15. The number of likely N-dealkylation sites (tertiary alicyclic amines) is 1. The topological polar surface area (TPSA) is 73.9 Å². The Morgan fingerprint density at radius 2 is 2.23 bits per heavy atom. The molecule has 0 radical (unpaired) electrons. The summed E-state index contributed by atoms with van der Waals surface area (Å²) in [5.74, 6) is 0.317. The van der Waals surface area contributed by atoms with Gasteiger partial charge in [0.25, 0.3) is 0 Å². The molecule has 1 aromatic carbocycles. The van der Waals surface area contributed by atoms with Gasteiger partial charge in [-0.3, -0.25) is 14.5 Å². The van der Waals surface area contributed by atoms with Crippen molar-refractivity contribution in [3.63, 3.8) is 0 Å². The number of benzene rings is 1. The minimum Gasteiger partial charge on any atom is -0.383 e. The van der Waals surface area contributed by atoms with Gasteiger partial charge in [-0.2, -0.15) is 0 Å². The average Bonchev–Trinajstić information content (AvgIpc) is 3.40. The fourth-order valence-corrected chi connectivity index (χ4v) is 5.48. The molecule has 170 valence electrons. The first-order valence-electron chi connectivity index (χ1n) is 11.3. The van der Waals surface area contributed by atoms with E-state index in [1.54, 1.807) is 7.11 Å². The van der Waals surface area contributed by atoms with Crippen LogP contribution in [0.3, 0.4) is 0 Å². The monoisotopic (exact) mass is 448 g/mol. The number of nitrogens with zero attached hydrogens (tertiary/aromatic N) is 2. The lowest BCUT2D eigenvalue weighted by Gasteiger charge is -2.37. The SMILES string of the molecule is COC[C@H]1CCCN1C(=O)CC[C@@H]1CNC(=O)[C@@H]2C[C@H](NCc3cccc(Cl)c3)CN12. The number of hydrogen-bond donors (Lipinski definition) is 2. The number of hydrogen-bond acceptors (Lipinski definition) is 5. The lowest BCUT2D eigenvalue weighted by molar-refractivity contribution is -0.133. The zero-order valence-electron chi connectivity index (χ0n) is 18.2. The zero-order valence-corrected chi connectivity index (χ0v) is 18.9. The molecule has 0 unspecified atom stereocenters. The minimum atomic E-state index is -0.112. The van der Waals surface area contributed by atoms with Crippen LogP contribution in [-0.4, -0.2) is 79.1 Å².